The first kappa shape index (κ1) is 19.5. The van der Waals surface area contributed by atoms with Gasteiger partial charge < -0.3 is 19.9 Å². The lowest BCUT2D eigenvalue weighted by molar-refractivity contribution is -0.0617. The van der Waals surface area contributed by atoms with Gasteiger partial charge in [0.25, 0.3) is 0 Å². The van der Waals surface area contributed by atoms with Crippen LogP contribution in [0.5, 0.6) is 5.75 Å². The maximum atomic E-state index is 10.4. The third-order valence-corrected chi connectivity index (χ3v) is 5.26. The summed E-state index contributed by atoms with van der Waals surface area (Å²) in [6, 6.07) is 13.4. The minimum Gasteiger partial charge on any atom is -0.489 e. The molecular formula is C20H23Cl2NO3. The van der Waals surface area contributed by atoms with Crippen LogP contribution in [0.1, 0.15) is 24.0 Å². The molecule has 0 bridgehead atoms. The van der Waals surface area contributed by atoms with E-state index in [1.54, 1.807) is 6.07 Å². The van der Waals surface area contributed by atoms with Crippen LogP contribution in [0.2, 0.25) is 10.0 Å². The van der Waals surface area contributed by atoms with Crippen LogP contribution >= 0.6 is 23.2 Å². The van der Waals surface area contributed by atoms with Crippen molar-refractivity contribution in [3.63, 3.8) is 0 Å². The molecule has 0 atom stereocenters. The molecule has 1 aliphatic heterocycles. The number of benzene rings is 2. The molecule has 3 rings (SSSR count). The second-order valence-electron chi connectivity index (χ2n) is 6.62. The van der Waals surface area contributed by atoms with Gasteiger partial charge in [0, 0.05) is 39.1 Å². The van der Waals surface area contributed by atoms with Crippen molar-refractivity contribution in [2.75, 3.05) is 19.8 Å². The summed E-state index contributed by atoms with van der Waals surface area (Å²) < 4.78 is 11.1. The summed E-state index contributed by atoms with van der Waals surface area (Å²) in [5.74, 6) is 0.794. The Morgan fingerprint density at radius 3 is 2.38 bits per heavy atom. The van der Waals surface area contributed by atoms with Crippen LogP contribution in [0.15, 0.2) is 42.5 Å². The molecule has 1 aliphatic rings. The molecule has 0 unspecified atom stereocenters. The van der Waals surface area contributed by atoms with E-state index in [2.05, 4.69) is 5.32 Å². The molecule has 26 heavy (non-hydrogen) atoms. The quantitative estimate of drug-likeness (QED) is 0.737. The summed E-state index contributed by atoms with van der Waals surface area (Å²) in [6.07, 6.45) is 1.36. The number of aliphatic hydroxyl groups is 1. The van der Waals surface area contributed by atoms with Gasteiger partial charge in [0.15, 0.2) is 0 Å². The molecule has 1 heterocycles. The van der Waals surface area contributed by atoms with Crippen molar-refractivity contribution in [1.29, 1.82) is 0 Å². The molecule has 0 aromatic heterocycles. The fourth-order valence-electron chi connectivity index (χ4n) is 2.87. The lowest BCUT2D eigenvalue weighted by Crippen LogP contribution is -2.44. The summed E-state index contributed by atoms with van der Waals surface area (Å²) in [7, 11) is 0. The van der Waals surface area contributed by atoms with E-state index in [4.69, 9.17) is 32.7 Å². The summed E-state index contributed by atoms with van der Waals surface area (Å²) in [5.41, 5.74) is 1.46. The second-order valence-corrected chi connectivity index (χ2v) is 7.44. The third-order valence-electron chi connectivity index (χ3n) is 4.52. The zero-order chi connectivity index (χ0) is 18.4. The van der Waals surface area contributed by atoms with Gasteiger partial charge in [0.05, 0.1) is 15.6 Å². The molecule has 0 spiro atoms. The van der Waals surface area contributed by atoms with Gasteiger partial charge in [-0.3, -0.25) is 0 Å². The Morgan fingerprint density at radius 2 is 1.69 bits per heavy atom. The number of hydrogen-bond acceptors (Lipinski definition) is 4. The molecule has 0 aliphatic carbocycles. The second kappa shape index (κ2) is 9.07. The zero-order valence-electron chi connectivity index (χ0n) is 14.5. The van der Waals surface area contributed by atoms with Gasteiger partial charge in [-0.25, -0.2) is 0 Å². The molecule has 2 N–H and O–H groups in total. The lowest BCUT2D eigenvalue weighted by Gasteiger charge is -2.32. The normalized spacial score (nSPS) is 16.4. The van der Waals surface area contributed by atoms with E-state index in [0.29, 0.717) is 55.8 Å². The molecule has 1 fully saturated rings. The van der Waals surface area contributed by atoms with Crippen LogP contribution in [-0.2, 0) is 17.9 Å². The van der Waals surface area contributed by atoms with E-state index in [1.807, 2.05) is 36.4 Å². The predicted molar refractivity (Wildman–Crippen MR) is 104 cm³/mol. The van der Waals surface area contributed by atoms with Crippen molar-refractivity contribution in [3.8, 4) is 5.75 Å². The van der Waals surface area contributed by atoms with Crippen LogP contribution in [0, 0.1) is 0 Å². The molecule has 6 heteroatoms. The van der Waals surface area contributed by atoms with Crippen molar-refractivity contribution in [2.45, 2.75) is 31.6 Å². The fourth-order valence-corrected chi connectivity index (χ4v) is 3.19. The maximum Gasteiger partial charge on any atom is 0.119 e. The van der Waals surface area contributed by atoms with Crippen molar-refractivity contribution in [3.05, 3.63) is 63.6 Å². The van der Waals surface area contributed by atoms with E-state index in [1.165, 1.54) is 0 Å². The molecule has 1 saturated heterocycles. The zero-order valence-corrected chi connectivity index (χ0v) is 16.0. The van der Waals surface area contributed by atoms with Crippen molar-refractivity contribution in [1.82, 2.24) is 5.32 Å². The van der Waals surface area contributed by atoms with Gasteiger partial charge >= 0.3 is 0 Å². The number of ether oxygens (including phenoxy) is 2. The first-order chi connectivity index (χ1) is 12.5. The molecule has 4 nitrogen and oxygen atoms in total. The Morgan fingerprint density at radius 1 is 1.00 bits per heavy atom. The van der Waals surface area contributed by atoms with Gasteiger partial charge in [-0.2, -0.15) is 0 Å². The highest BCUT2D eigenvalue weighted by molar-refractivity contribution is 6.42. The van der Waals surface area contributed by atoms with Gasteiger partial charge in [0.1, 0.15) is 12.4 Å². The summed E-state index contributed by atoms with van der Waals surface area (Å²) in [5, 5.41) is 14.8. The van der Waals surface area contributed by atoms with Crippen molar-refractivity contribution in [2.24, 2.45) is 0 Å². The average molecular weight is 396 g/mol. The van der Waals surface area contributed by atoms with Crippen LogP contribution < -0.4 is 10.1 Å². The highest BCUT2D eigenvalue weighted by Gasteiger charge is 2.28. The minimum absolute atomic E-state index is 0.434. The Bertz CT molecular complexity index is 715. The Hall–Kier alpha value is -1.30. The monoisotopic (exact) mass is 395 g/mol. The van der Waals surface area contributed by atoms with Gasteiger partial charge in [-0.15, -0.1) is 0 Å². The minimum atomic E-state index is -0.652. The van der Waals surface area contributed by atoms with E-state index in [9.17, 15) is 5.11 Å². The number of rotatable bonds is 7. The molecular weight excluding hydrogens is 373 g/mol. The van der Waals surface area contributed by atoms with Crippen molar-refractivity contribution >= 4 is 23.2 Å². The topological polar surface area (TPSA) is 50.7 Å². The Kier molecular flexibility index (Phi) is 6.79. The SMILES string of the molecule is OC1(CNCc2ccc(OCc3ccc(Cl)c(Cl)c3)cc2)CCOCC1. The molecule has 2 aromatic rings. The maximum absolute atomic E-state index is 10.4. The van der Waals surface area contributed by atoms with E-state index in [-0.39, 0.29) is 0 Å². The summed E-state index contributed by atoms with van der Waals surface area (Å²) in [6.45, 7) is 2.97. The summed E-state index contributed by atoms with van der Waals surface area (Å²) in [4.78, 5) is 0. The van der Waals surface area contributed by atoms with E-state index < -0.39 is 5.60 Å². The number of halogens is 2. The molecule has 0 amide bonds. The van der Waals surface area contributed by atoms with E-state index >= 15 is 0 Å². The largest absolute Gasteiger partial charge is 0.489 e. The first-order valence-electron chi connectivity index (χ1n) is 8.71. The third kappa shape index (κ3) is 5.60. The molecule has 0 radical (unpaired) electrons. The molecule has 140 valence electrons. The van der Waals surface area contributed by atoms with Crippen LogP contribution in [0.4, 0.5) is 0 Å². The van der Waals surface area contributed by atoms with Crippen LogP contribution in [0.25, 0.3) is 0 Å². The highest BCUT2D eigenvalue weighted by atomic mass is 35.5. The smallest absolute Gasteiger partial charge is 0.119 e. The average Bonchev–Trinajstić information content (AvgIpc) is 2.64. The van der Waals surface area contributed by atoms with Gasteiger partial charge in [0.2, 0.25) is 0 Å². The number of hydrogen-bond donors (Lipinski definition) is 2. The van der Waals surface area contributed by atoms with Gasteiger partial charge in [-0.05, 0) is 35.4 Å². The van der Waals surface area contributed by atoms with Crippen LogP contribution in [0.3, 0.4) is 0 Å². The molecule has 2 aromatic carbocycles. The lowest BCUT2D eigenvalue weighted by atomic mass is 9.94. The highest BCUT2D eigenvalue weighted by Crippen LogP contribution is 2.24. The van der Waals surface area contributed by atoms with E-state index in [0.717, 1.165) is 16.9 Å². The summed E-state index contributed by atoms with van der Waals surface area (Å²) >= 11 is 11.9. The Balaban J connectivity index is 1.45. The Labute approximate surface area is 164 Å². The first-order valence-corrected chi connectivity index (χ1v) is 9.46. The predicted octanol–water partition coefficient (Wildman–Crippen LogP) is 4.20. The van der Waals surface area contributed by atoms with Crippen molar-refractivity contribution < 1.29 is 14.6 Å². The van der Waals surface area contributed by atoms with Gasteiger partial charge in [-0.1, -0.05) is 41.4 Å². The fraction of sp³-hybridized carbons (Fsp3) is 0.400. The number of nitrogens with one attached hydrogen (secondary N) is 1. The molecule has 0 saturated carbocycles. The standard InChI is InChI=1S/C20H23Cl2NO3/c21-18-6-3-16(11-19(18)22)13-26-17-4-1-15(2-5-17)12-23-14-20(24)7-9-25-10-8-20/h1-6,11,23-24H,7-10,12-14H2. The van der Waals surface area contributed by atoms with Crippen LogP contribution in [-0.4, -0.2) is 30.5 Å².